The minimum absolute atomic E-state index is 0.0206. The Labute approximate surface area is 181 Å². The summed E-state index contributed by atoms with van der Waals surface area (Å²) in [6.45, 7) is 3.85. The highest BCUT2D eigenvalue weighted by atomic mass is 19.1. The van der Waals surface area contributed by atoms with Crippen LogP contribution in [0.4, 0.5) is 15.9 Å². The Morgan fingerprint density at radius 1 is 1.13 bits per heavy atom. The first-order valence-corrected chi connectivity index (χ1v) is 10.5. The van der Waals surface area contributed by atoms with Crippen LogP contribution in [-0.4, -0.2) is 35.8 Å². The van der Waals surface area contributed by atoms with Crippen LogP contribution < -0.4 is 15.0 Å². The Morgan fingerprint density at radius 2 is 1.94 bits per heavy atom. The predicted octanol–water partition coefficient (Wildman–Crippen LogP) is 4.54. The van der Waals surface area contributed by atoms with Crippen molar-refractivity contribution < 1.29 is 13.9 Å². The number of ether oxygens (including phenoxy) is 1. The molecule has 0 bridgehead atoms. The number of carbonyl (C=O) groups is 1. The molecule has 1 aromatic heterocycles. The molecule has 1 saturated heterocycles. The summed E-state index contributed by atoms with van der Waals surface area (Å²) in [6, 6.07) is 17.4. The van der Waals surface area contributed by atoms with Crippen molar-refractivity contribution in [3.63, 3.8) is 0 Å². The summed E-state index contributed by atoms with van der Waals surface area (Å²) < 4.78 is 18.7. The van der Waals surface area contributed by atoms with Crippen LogP contribution in [0.3, 0.4) is 0 Å². The fourth-order valence-corrected chi connectivity index (χ4v) is 3.75. The number of para-hydroxylation sites is 2. The fraction of sp³-hybridized carbons (Fsp3) is 0.292. The van der Waals surface area contributed by atoms with Gasteiger partial charge in [0.1, 0.15) is 11.6 Å². The molecular weight excluding hydrogens is 395 g/mol. The molecule has 2 heterocycles. The smallest absolute Gasteiger partial charge is 0.229 e. The summed E-state index contributed by atoms with van der Waals surface area (Å²) in [5, 5.41) is 11.7. The maximum absolute atomic E-state index is 13.1. The molecule has 1 aliphatic heterocycles. The maximum atomic E-state index is 13.1. The highest BCUT2D eigenvalue weighted by Crippen LogP contribution is 2.27. The molecule has 0 aliphatic carbocycles. The Morgan fingerprint density at radius 3 is 2.68 bits per heavy atom. The first-order valence-electron chi connectivity index (χ1n) is 10.5. The Bertz CT molecular complexity index is 1020. The molecule has 1 atom stereocenters. The van der Waals surface area contributed by atoms with E-state index in [1.165, 1.54) is 12.1 Å². The molecular formula is C24H25FN4O2. The average molecular weight is 420 g/mol. The molecule has 1 aliphatic rings. The van der Waals surface area contributed by atoms with Gasteiger partial charge in [0.15, 0.2) is 5.82 Å². The molecule has 4 rings (SSSR count). The number of rotatable bonds is 6. The van der Waals surface area contributed by atoms with Crippen LogP contribution >= 0.6 is 0 Å². The van der Waals surface area contributed by atoms with Crippen molar-refractivity contribution in [1.29, 1.82) is 0 Å². The van der Waals surface area contributed by atoms with Gasteiger partial charge in [0.25, 0.3) is 0 Å². The summed E-state index contributed by atoms with van der Waals surface area (Å²) >= 11 is 0. The second kappa shape index (κ2) is 9.55. The largest absolute Gasteiger partial charge is 0.492 e. The summed E-state index contributed by atoms with van der Waals surface area (Å²) in [5.74, 6) is 0.955. The summed E-state index contributed by atoms with van der Waals surface area (Å²) in [5.41, 5.74) is 2.18. The number of aromatic nitrogens is 2. The molecule has 0 spiro atoms. The second-order valence-corrected chi connectivity index (χ2v) is 7.49. The van der Waals surface area contributed by atoms with Gasteiger partial charge in [0, 0.05) is 18.7 Å². The van der Waals surface area contributed by atoms with E-state index >= 15 is 0 Å². The fourth-order valence-electron chi connectivity index (χ4n) is 3.75. The van der Waals surface area contributed by atoms with E-state index in [2.05, 4.69) is 20.4 Å². The van der Waals surface area contributed by atoms with Crippen LogP contribution in [0.5, 0.6) is 5.75 Å². The van der Waals surface area contributed by atoms with E-state index in [-0.39, 0.29) is 17.6 Å². The van der Waals surface area contributed by atoms with Crippen molar-refractivity contribution in [2.45, 2.75) is 19.8 Å². The van der Waals surface area contributed by atoms with Gasteiger partial charge in [-0.05, 0) is 68.3 Å². The molecule has 6 nitrogen and oxygen atoms in total. The van der Waals surface area contributed by atoms with Gasteiger partial charge in [-0.15, -0.1) is 10.2 Å². The quantitative estimate of drug-likeness (QED) is 0.634. The minimum atomic E-state index is -0.283. The van der Waals surface area contributed by atoms with Crippen molar-refractivity contribution in [2.75, 3.05) is 29.9 Å². The topological polar surface area (TPSA) is 67.3 Å². The molecule has 3 aromatic rings. The summed E-state index contributed by atoms with van der Waals surface area (Å²) in [4.78, 5) is 15.0. The lowest BCUT2D eigenvalue weighted by Gasteiger charge is -2.32. The standard InChI is InChI=1S/C24H25FN4O2/c1-2-31-22-8-4-3-7-21(22)26-24(30)18-6-5-15-29(16-18)23-14-13-20(27-28-23)17-9-11-19(25)12-10-17/h3-4,7-14,18H,2,5-6,15-16H2,1H3,(H,26,30). The number of halogens is 1. The molecule has 160 valence electrons. The van der Waals surface area contributed by atoms with E-state index < -0.39 is 0 Å². The Hall–Kier alpha value is -3.48. The molecule has 31 heavy (non-hydrogen) atoms. The van der Waals surface area contributed by atoms with Crippen molar-refractivity contribution >= 4 is 17.4 Å². The van der Waals surface area contributed by atoms with E-state index in [0.29, 0.717) is 30.3 Å². The van der Waals surface area contributed by atoms with Crippen molar-refractivity contribution in [3.8, 4) is 17.0 Å². The molecule has 0 radical (unpaired) electrons. The number of nitrogens with one attached hydrogen (secondary N) is 1. The number of benzene rings is 2. The van der Waals surface area contributed by atoms with E-state index in [1.54, 1.807) is 12.1 Å². The van der Waals surface area contributed by atoms with Crippen molar-refractivity contribution in [3.05, 3.63) is 66.5 Å². The number of carbonyl (C=O) groups excluding carboxylic acids is 1. The number of amides is 1. The van der Waals surface area contributed by atoms with Gasteiger partial charge in [-0.2, -0.15) is 0 Å². The maximum Gasteiger partial charge on any atom is 0.229 e. The van der Waals surface area contributed by atoms with Crippen LogP contribution in [0.1, 0.15) is 19.8 Å². The van der Waals surface area contributed by atoms with E-state index in [9.17, 15) is 9.18 Å². The lowest BCUT2D eigenvalue weighted by molar-refractivity contribution is -0.120. The lowest BCUT2D eigenvalue weighted by Crippen LogP contribution is -2.41. The van der Waals surface area contributed by atoms with Gasteiger partial charge in [0.05, 0.1) is 23.9 Å². The molecule has 2 aromatic carbocycles. The number of nitrogens with zero attached hydrogens (tertiary/aromatic N) is 3. The van der Waals surface area contributed by atoms with Gasteiger partial charge in [0.2, 0.25) is 5.91 Å². The van der Waals surface area contributed by atoms with Crippen LogP contribution in [0.2, 0.25) is 0 Å². The third-order valence-corrected chi connectivity index (χ3v) is 5.35. The third-order valence-electron chi connectivity index (χ3n) is 5.35. The monoisotopic (exact) mass is 420 g/mol. The molecule has 1 N–H and O–H groups in total. The number of hydrogen-bond acceptors (Lipinski definition) is 5. The zero-order valence-electron chi connectivity index (χ0n) is 17.4. The van der Waals surface area contributed by atoms with Crippen LogP contribution in [0, 0.1) is 11.7 Å². The van der Waals surface area contributed by atoms with Gasteiger partial charge in [-0.1, -0.05) is 12.1 Å². The first kappa shape index (κ1) is 20.8. The van der Waals surface area contributed by atoms with Crippen LogP contribution in [0.15, 0.2) is 60.7 Å². The highest BCUT2D eigenvalue weighted by molar-refractivity contribution is 5.94. The van der Waals surface area contributed by atoms with E-state index in [1.807, 2.05) is 43.3 Å². The minimum Gasteiger partial charge on any atom is -0.492 e. The van der Waals surface area contributed by atoms with E-state index in [0.717, 1.165) is 30.8 Å². The van der Waals surface area contributed by atoms with E-state index in [4.69, 9.17) is 4.74 Å². The first-order chi connectivity index (χ1) is 15.1. The Balaban J connectivity index is 1.42. The van der Waals surface area contributed by atoms with Crippen LogP contribution in [0.25, 0.3) is 11.3 Å². The van der Waals surface area contributed by atoms with Gasteiger partial charge in [-0.25, -0.2) is 4.39 Å². The number of hydrogen-bond donors (Lipinski definition) is 1. The summed E-state index contributed by atoms with van der Waals surface area (Å²) in [7, 11) is 0. The molecule has 1 unspecified atom stereocenters. The molecule has 1 amide bonds. The van der Waals surface area contributed by atoms with Gasteiger partial charge >= 0.3 is 0 Å². The predicted molar refractivity (Wildman–Crippen MR) is 119 cm³/mol. The Kier molecular flexibility index (Phi) is 6.40. The van der Waals surface area contributed by atoms with Gasteiger partial charge in [-0.3, -0.25) is 4.79 Å². The SMILES string of the molecule is CCOc1ccccc1NC(=O)C1CCCN(c2ccc(-c3ccc(F)cc3)nn2)C1. The van der Waals surface area contributed by atoms with Gasteiger partial charge < -0.3 is 15.0 Å². The molecule has 0 saturated carbocycles. The van der Waals surface area contributed by atoms with Crippen LogP contribution in [-0.2, 0) is 4.79 Å². The zero-order valence-corrected chi connectivity index (χ0v) is 17.4. The second-order valence-electron chi connectivity index (χ2n) is 7.49. The third kappa shape index (κ3) is 4.99. The lowest BCUT2D eigenvalue weighted by atomic mass is 9.97. The van der Waals surface area contributed by atoms with Crippen molar-refractivity contribution in [2.24, 2.45) is 5.92 Å². The van der Waals surface area contributed by atoms with Crippen molar-refractivity contribution in [1.82, 2.24) is 10.2 Å². The number of anilines is 2. The number of piperidine rings is 1. The summed E-state index contributed by atoms with van der Waals surface area (Å²) in [6.07, 6.45) is 1.72. The molecule has 1 fully saturated rings. The molecule has 7 heteroatoms. The zero-order chi connectivity index (χ0) is 21.6. The average Bonchev–Trinajstić information content (AvgIpc) is 2.81. The highest BCUT2D eigenvalue weighted by Gasteiger charge is 2.27. The normalized spacial score (nSPS) is 16.1.